The van der Waals surface area contributed by atoms with Gasteiger partial charge in [-0.25, -0.2) is 4.79 Å². The van der Waals surface area contributed by atoms with Crippen molar-refractivity contribution in [1.29, 1.82) is 0 Å². The van der Waals surface area contributed by atoms with Crippen LogP contribution in [0.1, 0.15) is 30.9 Å². The van der Waals surface area contributed by atoms with Gasteiger partial charge in [-0.3, -0.25) is 9.78 Å². The number of allylic oxidation sites excluding steroid dienone is 1. The second kappa shape index (κ2) is 7.09. The van der Waals surface area contributed by atoms with Crippen LogP contribution in [0, 0.1) is 4.77 Å². The van der Waals surface area contributed by atoms with E-state index in [0.717, 1.165) is 16.3 Å². The molecule has 3 aromatic rings. The Morgan fingerprint density at radius 3 is 2.68 bits per heavy atom. The first-order chi connectivity index (χ1) is 13.5. The molecule has 1 aliphatic rings. The van der Waals surface area contributed by atoms with E-state index >= 15 is 0 Å². The van der Waals surface area contributed by atoms with Crippen molar-refractivity contribution in [2.75, 3.05) is 11.9 Å². The minimum absolute atomic E-state index is 0.223. The van der Waals surface area contributed by atoms with Crippen molar-refractivity contribution in [3.8, 4) is 0 Å². The fraction of sp³-hybridized carbons (Fsp3) is 0.190. The zero-order chi connectivity index (χ0) is 19.8. The van der Waals surface area contributed by atoms with Gasteiger partial charge in [0.15, 0.2) is 4.77 Å². The molecule has 1 unspecified atom stereocenters. The number of carbonyl (C=O) groups excluding carboxylic acids is 1. The number of hydrogen-bond acceptors (Lipinski definition) is 5. The molecule has 28 heavy (non-hydrogen) atoms. The fourth-order valence-electron chi connectivity index (χ4n) is 3.78. The van der Waals surface area contributed by atoms with Crippen LogP contribution in [0.15, 0.2) is 58.5 Å². The molecule has 2 heterocycles. The first kappa shape index (κ1) is 18.2. The Bertz CT molecular complexity index is 1230. The molecular formula is C21H19N3O3S. The largest absolute Gasteiger partial charge is 0.463 e. The highest BCUT2D eigenvalue weighted by Gasteiger charge is 2.36. The van der Waals surface area contributed by atoms with Crippen LogP contribution in [0.2, 0.25) is 0 Å². The van der Waals surface area contributed by atoms with Gasteiger partial charge in [0.25, 0.3) is 5.56 Å². The lowest BCUT2D eigenvalue weighted by Crippen LogP contribution is -2.31. The molecule has 1 aliphatic heterocycles. The van der Waals surface area contributed by atoms with Gasteiger partial charge >= 0.3 is 5.97 Å². The van der Waals surface area contributed by atoms with Crippen molar-refractivity contribution >= 4 is 34.8 Å². The topological polar surface area (TPSA) is 87.0 Å². The van der Waals surface area contributed by atoms with Crippen molar-refractivity contribution in [2.24, 2.45) is 0 Å². The molecular weight excluding hydrogens is 374 g/mol. The van der Waals surface area contributed by atoms with Gasteiger partial charge in [0.2, 0.25) is 0 Å². The van der Waals surface area contributed by atoms with E-state index in [9.17, 15) is 9.59 Å². The molecule has 4 rings (SSSR count). The van der Waals surface area contributed by atoms with Crippen LogP contribution in [0.25, 0.3) is 10.8 Å². The van der Waals surface area contributed by atoms with Crippen LogP contribution in [-0.4, -0.2) is 22.5 Å². The maximum absolute atomic E-state index is 12.9. The third-order valence-corrected chi connectivity index (χ3v) is 5.11. The molecule has 1 aromatic heterocycles. The van der Waals surface area contributed by atoms with E-state index in [1.807, 2.05) is 42.5 Å². The summed E-state index contributed by atoms with van der Waals surface area (Å²) in [6.45, 7) is 3.80. The lowest BCUT2D eigenvalue weighted by Gasteiger charge is -2.29. The Kier molecular flexibility index (Phi) is 4.60. The van der Waals surface area contributed by atoms with Crippen molar-refractivity contribution < 1.29 is 9.53 Å². The van der Waals surface area contributed by atoms with Crippen molar-refractivity contribution in [1.82, 2.24) is 9.97 Å². The van der Waals surface area contributed by atoms with Gasteiger partial charge in [-0.2, -0.15) is 0 Å². The quantitative estimate of drug-likeness (QED) is 0.463. The number of aromatic amines is 2. The Hall–Kier alpha value is -3.19. The average Bonchev–Trinajstić information content (AvgIpc) is 2.66. The normalized spacial score (nSPS) is 15.9. The number of carbonyl (C=O) groups is 1. The maximum Gasteiger partial charge on any atom is 0.336 e. The van der Waals surface area contributed by atoms with Crippen molar-refractivity contribution in [2.45, 2.75) is 19.8 Å². The number of anilines is 1. The van der Waals surface area contributed by atoms with Crippen molar-refractivity contribution in [3.63, 3.8) is 0 Å². The molecule has 6 nitrogen and oxygen atoms in total. The number of hydrogen-bond donors (Lipinski definition) is 3. The van der Waals surface area contributed by atoms with Crippen LogP contribution >= 0.6 is 12.2 Å². The van der Waals surface area contributed by atoms with E-state index in [2.05, 4.69) is 15.3 Å². The van der Waals surface area contributed by atoms with Gasteiger partial charge in [0.05, 0.1) is 23.7 Å². The molecule has 0 aliphatic carbocycles. The highest BCUT2D eigenvalue weighted by Crippen LogP contribution is 2.41. The van der Waals surface area contributed by atoms with Gasteiger partial charge in [-0.1, -0.05) is 42.5 Å². The first-order valence-corrected chi connectivity index (χ1v) is 9.41. The maximum atomic E-state index is 12.9. The van der Waals surface area contributed by atoms with E-state index in [1.165, 1.54) is 0 Å². The third kappa shape index (κ3) is 2.93. The fourth-order valence-corrected chi connectivity index (χ4v) is 3.97. The number of aromatic nitrogens is 2. The summed E-state index contributed by atoms with van der Waals surface area (Å²) in [6, 6.07) is 13.8. The number of rotatable bonds is 3. The van der Waals surface area contributed by atoms with E-state index < -0.39 is 11.9 Å². The smallest absolute Gasteiger partial charge is 0.336 e. The van der Waals surface area contributed by atoms with E-state index in [0.29, 0.717) is 22.7 Å². The molecule has 1 atom stereocenters. The number of nitrogens with one attached hydrogen (secondary N) is 3. The zero-order valence-corrected chi connectivity index (χ0v) is 16.3. The lowest BCUT2D eigenvalue weighted by molar-refractivity contribution is -0.138. The van der Waals surface area contributed by atoms with Gasteiger partial charge in [-0.15, -0.1) is 0 Å². The minimum atomic E-state index is -0.586. The molecule has 0 saturated heterocycles. The predicted molar refractivity (Wildman–Crippen MR) is 111 cm³/mol. The van der Waals surface area contributed by atoms with E-state index in [-0.39, 0.29) is 16.9 Å². The van der Waals surface area contributed by atoms with Gasteiger partial charge in [-0.05, 0) is 42.4 Å². The summed E-state index contributed by atoms with van der Waals surface area (Å²) in [7, 11) is 0. The monoisotopic (exact) mass is 393 g/mol. The molecule has 142 valence electrons. The number of ether oxygens (including phenoxy) is 1. The van der Waals surface area contributed by atoms with Gasteiger partial charge < -0.3 is 15.0 Å². The molecule has 0 saturated carbocycles. The minimum Gasteiger partial charge on any atom is -0.463 e. The van der Waals surface area contributed by atoms with Crippen LogP contribution in [0.4, 0.5) is 5.82 Å². The first-order valence-electron chi connectivity index (χ1n) is 9.00. The SMILES string of the molecule is CCOC(=O)C1=C(C)Nc2[nH]c(=S)[nH]c(=O)c2C1c1cccc2ccccc12. The summed E-state index contributed by atoms with van der Waals surface area (Å²) in [5.74, 6) is -0.535. The molecule has 7 heteroatoms. The van der Waals surface area contributed by atoms with E-state index in [4.69, 9.17) is 17.0 Å². The zero-order valence-electron chi connectivity index (χ0n) is 15.5. The van der Waals surface area contributed by atoms with Gasteiger partial charge in [0.1, 0.15) is 5.82 Å². The molecule has 2 aromatic carbocycles. The molecule has 3 N–H and O–H groups in total. The Morgan fingerprint density at radius 2 is 1.89 bits per heavy atom. The van der Waals surface area contributed by atoms with Crippen LogP contribution < -0.4 is 10.9 Å². The number of esters is 1. The Labute approximate surface area is 166 Å². The van der Waals surface area contributed by atoms with Crippen LogP contribution in [0.5, 0.6) is 0 Å². The van der Waals surface area contributed by atoms with Crippen LogP contribution in [0.3, 0.4) is 0 Å². The Balaban J connectivity index is 2.07. The van der Waals surface area contributed by atoms with Crippen LogP contribution in [-0.2, 0) is 9.53 Å². The molecule has 0 bridgehead atoms. The molecule has 0 radical (unpaired) electrons. The second-order valence-electron chi connectivity index (χ2n) is 6.58. The molecule has 0 fully saturated rings. The summed E-state index contributed by atoms with van der Waals surface area (Å²) in [5.41, 5.74) is 1.98. The summed E-state index contributed by atoms with van der Waals surface area (Å²) in [4.78, 5) is 31.4. The lowest BCUT2D eigenvalue weighted by atomic mass is 9.80. The highest BCUT2D eigenvalue weighted by atomic mass is 32.1. The summed E-state index contributed by atoms with van der Waals surface area (Å²) in [5, 5.41) is 5.12. The highest BCUT2D eigenvalue weighted by molar-refractivity contribution is 7.71. The van der Waals surface area contributed by atoms with Crippen molar-refractivity contribution in [3.05, 3.63) is 80.0 Å². The number of fused-ring (bicyclic) bond motifs is 2. The van der Waals surface area contributed by atoms with Gasteiger partial charge in [0, 0.05) is 5.70 Å². The number of benzene rings is 2. The molecule has 0 spiro atoms. The van der Waals surface area contributed by atoms with E-state index in [1.54, 1.807) is 13.8 Å². The second-order valence-corrected chi connectivity index (χ2v) is 6.99. The number of H-pyrrole nitrogens is 2. The molecule has 0 amide bonds. The standard InChI is InChI=1S/C21H19N3O3S/c1-3-27-20(26)15-11(2)22-18-17(19(25)24-21(28)23-18)16(15)14-10-6-8-12-7-4-5-9-13(12)14/h4-10,16H,3H2,1-2H3,(H3,22,23,24,25,28). The third-order valence-electron chi connectivity index (χ3n) is 4.90. The summed E-state index contributed by atoms with van der Waals surface area (Å²) < 4.78 is 5.54. The summed E-state index contributed by atoms with van der Waals surface area (Å²) >= 11 is 5.12. The Morgan fingerprint density at radius 1 is 1.14 bits per heavy atom. The predicted octanol–water partition coefficient (Wildman–Crippen LogP) is 3.98. The average molecular weight is 393 g/mol. The summed E-state index contributed by atoms with van der Waals surface area (Å²) in [6.07, 6.45) is 0.